The molecule has 1 atom stereocenters. The Labute approximate surface area is 111 Å². The first kappa shape index (κ1) is 13.7. The van der Waals surface area contributed by atoms with Gasteiger partial charge in [-0.15, -0.1) is 11.8 Å². The van der Waals surface area contributed by atoms with E-state index in [-0.39, 0.29) is 11.2 Å². The van der Waals surface area contributed by atoms with Gasteiger partial charge in [-0.1, -0.05) is 6.42 Å². The highest BCUT2D eigenvalue weighted by Gasteiger charge is 2.42. The molecule has 2 saturated heterocycles. The Morgan fingerprint density at radius 3 is 2.56 bits per heavy atom. The van der Waals surface area contributed by atoms with Crippen LogP contribution in [0.15, 0.2) is 0 Å². The first-order valence-corrected chi connectivity index (χ1v) is 7.44. The Balaban J connectivity index is 1.99. The Hall–Kier alpha value is -0.750. The molecule has 18 heavy (non-hydrogen) atoms. The van der Waals surface area contributed by atoms with Crippen LogP contribution in [0.25, 0.3) is 0 Å². The molecular formula is C12H19NO4S. The first-order valence-electron chi connectivity index (χ1n) is 6.39. The van der Waals surface area contributed by atoms with Gasteiger partial charge in [-0.3, -0.25) is 4.79 Å². The molecule has 2 rings (SSSR count). The molecule has 0 aromatic rings. The van der Waals surface area contributed by atoms with Crippen molar-refractivity contribution in [3.05, 3.63) is 0 Å². The maximum Gasteiger partial charge on any atom is 0.329 e. The summed E-state index contributed by atoms with van der Waals surface area (Å²) in [5.74, 6) is -0.0784. The number of nitrogens with one attached hydrogen (secondary N) is 1. The van der Waals surface area contributed by atoms with E-state index in [0.717, 1.165) is 25.0 Å². The average molecular weight is 273 g/mol. The van der Waals surface area contributed by atoms with Crippen molar-refractivity contribution in [1.82, 2.24) is 5.32 Å². The number of thioether (sulfide) groups is 1. The largest absolute Gasteiger partial charge is 0.480 e. The van der Waals surface area contributed by atoms with Crippen LogP contribution in [-0.2, 0) is 14.3 Å². The number of carbonyl (C=O) groups is 2. The molecule has 2 fully saturated rings. The lowest BCUT2D eigenvalue weighted by molar-refractivity contribution is -0.152. The van der Waals surface area contributed by atoms with Crippen molar-refractivity contribution in [2.45, 2.75) is 42.9 Å². The van der Waals surface area contributed by atoms with Gasteiger partial charge in [0, 0.05) is 26.1 Å². The molecule has 1 unspecified atom stereocenters. The standard InChI is InChI=1S/C12H19NO4S/c14-10(9-3-1-2-8-18-9)13-12(11(15)16)4-6-17-7-5-12/h9H,1-8H2,(H,13,14)(H,15,16). The van der Waals surface area contributed by atoms with Crippen LogP contribution >= 0.6 is 11.8 Å². The van der Waals surface area contributed by atoms with Crippen molar-refractivity contribution in [3.63, 3.8) is 0 Å². The van der Waals surface area contributed by atoms with Gasteiger partial charge in [-0.2, -0.15) is 0 Å². The van der Waals surface area contributed by atoms with E-state index in [2.05, 4.69) is 5.32 Å². The fourth-order valence-corrected chi connectivity index (χ4v) is 3.57. The van der Waals surface area contributed by atoms with Crippen LogP contribution in [0.3, 0.4) is 0 Å². The molecule has 6 heteroatoms. The highest BCUT2D eigenvalue weighted by Crippen LogP contribution is 2.27. The Bertz CT molecular complexity index is 322. The zero-order chi connectivity index (χ0) is 13.0. The number of hydrogen-bond acceptors (Lipinski definition) is 4. The molecule has 0 spiro atoms. The summed E-state index contributed by atoms with van der Waals surface area (Å²) in [4.78, 5) is 23.6. The number of carbonyl (C=O) groups excluding carboxylic acids is 1. The monoisotopic (exact) mass is 273 g/mol. The second-order valence-electron chi connectivity index (χ2n) is 4.84. The van der Waals surface area contributed by atoms with Crippen LogP contribution in [0.2, 0.25) is 0 Å². The number of amides is 1. The second kappa shape index (κ2) is 5.93. The van der Waals surface area contributed by atoms with Gasteiger partial charge >= 0.3 is 5.97 Å². The second-order valence-corrected chi connectivity index (χ2v) is 6.15. The van der Waals surface area contributed by atoms with E-state index < -0.39 is 11.5 Å². The van der Waals surface area contributed by atoms with E-state index in [9.17, 15) is 14.7 Å². The van der Waals surface area contributed by atoms with Gasteiger partial charge < -0.3 is 15.2 Å². The number of carboxylic acid groups (broad SMARTS) is 1. The zero-order valence-electron chi connectivity index (χ0n) is 10.3. The molecule has 0 aromatic carbocycles. The van der Waals surface area contributed by atoms with Crippen molar-refractivity contribution < 1.29 is 19.4 Å². The van der Waals surface area contributed by atoms with Gasteiger partial charge in [0.05, 0.1) is 5.25 Å². The highest BCUT2D eigenvalue weighted by molar-refractivity contribution is 8.00. The smallest absolute Gasteiger partial charge is 0.329 e. The summed E-state index contributed by atoms with van der Waals surface area (Å²) in [5.41, 5.74) is -1.12. The van der Waals surface area contributed by atoms with Crippen LogP contribution in [0.1, 0.15) is 32.1 Å². The maximum absolute atomic E-state index is 12.1. The lowest BCUT2D eigenvalue weighted by atomic mass is 9.90. The number of hydrogen-bond donors (Lipinski definition) is 2. The molecule has 5 nitrogen and oxygen atoms in total. The maximum atomic E-state index is 12.1. The topological polar surface area (TPSA) is 75.6 Å². The molecule has 0 radical (unpaired) electrons. The molecular weight excluding hydrogens is 254 g/mol. The number of ether oxygens (including phenoxy) is 1. The fourth-order valence-electron chi connectivity index (χ4n) is 2.38. The molecule has 0 aromatic heterocycles. The van der Waals surface area contributed by atoms with Crippen molar-refractivity contribution in [2.24, 2.45) is 0 Å². The van der Waals surface area contributed by atoms with Crippen molar-refractivity contribution in [2.75, 3.05) is 19.0 Å². The number of rotatable bonds is 3. The van der Waals surface area contributed by atoms with Crippen LogP contribution < -0.4 is 5.32 Å². The van der Waals surface area contributed by atoms with Crippen LogP contribution in [-0.4, -0.2) is 46.7 Å². The molecule has 2 aliphatic rings. The zero-order valence-corrected chi connectivity index (χ0v) is 11.1. The average Bonchev–Trinajstić information content (AvgIpc) is 2.40. The van der Waals surface area contributed by atoms with Crippen molar-refractivity contribution >= 4 is 23.6 Å². The summed E-state index contributed by atoms with van der Waals surface area (Å²) in [7, 11) is 0. The summed E-state index contributed by atoms with van der Waals surface area (Å²) in [6, 6.07) is 0. The third-order valence-electron chi connectivity index (χ3n) is 3.59. The molecule has 102 valence electrons. The van der Waals surface area contributed by atoms with Gasteiger partial charge in [-0.25, -0.2) is 4.79 Å². The molecule has 0 saturated carbocycles. The summed E-state index contributed by atoms with van der Waals surface area (Å²) in [6.07, 6.45) is 3.75. The molecule has 1 amide bonds. The minimum atomic E-state index is -1.12. The van der Waals surface area contributed by atoms with Crippen LogP contribution in [0.5, 0.6) is 0 Å². The van der Waals surface area contributed by atoms with Gasteiger partial charge in [-0.05, 0) is 18.6 Å². The summed E-state index contributed by atoms with van der Waals surface area (Å²) < 4.78 is 5.18. The van der Waals surface area contributed by atoms with E-state index in [1.54, 1.807) is 11.8 Å². The quantitative estimate of drug-likeness (QED) is 0.803. The SMILES string of the molecule is O=C(NC1(C(=O)O)CCOCC1)C1CCCCS1. The summed E-state index contributed by atoms with van der Waals surface area (Å²) in [5, 5.41) is 12.0. The van der Waals surface area contributed by atoms with Crippen molar-refractivity contribution in [1.29, 1.82) is 0 Å². The molecule has 0 aliphatic carbocycles. The lowest BCUT2D eigenvalue weighted by Gasteiger charge is -2.35. The molecule has 0 bridgehead atoms. The van der Waals surface area contributed by atoms with E-state index in [1.807, 2.05) is 0 Å². The number of aliphatic carboxylic acids is 1. The third-order valence-corrected chi connectivity index (χ3v) is 4.97. The van der Waals surface area contributed by atoms with Crippen LogP contribution in [0.4, 0.5) is 0 Å². The minimum Gasteiger partial charge on any atom is -0.480 e. The number of carboxylic acids is 1. The van der Waals surface area contributed by atoms with E-state index in [1.165, 1.54) is 0 Å². The molecule has 2 heterocycles. The summed E-state index contributed by atoms with van der Waals surface area (Å²) >= 11 is 1.63. The summed E-state index contributed by atoms with van der Waals surface area (Å²) in [6.45, 7) is 0.786. The normalized spacial score (nSPS) is 27.4. The highest BCUT2D eigenvalue weighted by atomic mass is 32.2. The van der Waals surface area contributed by atoms with E-state index >= 15 is 0 Å². The third kappa shape index (κ3) is 2.98. The van der Waals surface area contributed by atoms with Gasteiger partial charge in [0.2, 0.25) is 5.91 Å². The van der Waals surface area contributed by atoms with Gasteiger partial charge in [0.1, 0.15) is 5.54 Å². The Morgan fingerprint density at radius 2 is 2.00 bits per heavy atom. The van der Waals surface area contributed by atoms with E-state index in [0.29, 0.717) is 26.1 Å². The van der Waals surface area contributed by atoms with Crippen molar-refractivity contribution in [3.8, 4) is 0 Å². The fraction of sp³-hybridized carbons (Fsp3) is 0.833. The van der Waals surface area contributed by atoms with Gasteiger partial charge in [0.25, 0.3) is 0 Å². The Morgan fingerprint density at radius 1 is 1.28 bits per heavy atom. The lowest BCUT2D eigenvalue weighted by Crippen LogP contribution is -2.59. The first-order chi connectivity index (χ1) is 8.64. The Kier molecular flexibility index (Phi) is 4.50. The predicted octanol–water partition coefficient (Wildman–Crippen LogP) is 1.02. The van der Waals surface area contributed by atoms with Gasteiger partial charge in [0.15, 0.2) is 0 Å². The molecule has 2 aliphatic heterocycles. The predicted molar refractivity (Wildman–Crippen MR) is 68.7 cm³/mol. The van der Waals surface area contributed by atoms with E-state index in [4.69, 9.17) is 4.74 Å². The van der Waals surface area contributed by atoms with Crippen LogP contribution in [0, 0.1) is 0 Å². The molecule has 2 N–H and O–H groups in total. The minimum absolute atomic E-state index is 0.0854.